The van der Waals surface area contributed by atoms with Crippen LogP contribution in [0.1, 0.15) is 112 Å². The number of carbonyl (C=O) groups excluding carboxylic acids is 2. The van der Waals surface area contributed by atoms with Crippen molar-refractivity contribution in [1.29, 1.82) is 0 Å². The molecule has 5 unspecified atom stereocenters. The van der Waals surface area contributed by atoms with Gasteiger partial charge in [-0.05, 0) is 86.3 Å². The van der Waals surface area contributed by atoms with Gasteiger partial charge in [-0.2, -0.15) is 0 Å². The van der Waals surface area contributed by atoms with E-state index in [1.165, 1.54) is 17.2 Å². The molecule has 0 radical (unpaired) electrons. The van der Waals surface area contributed by atoms with Crippen molar-refractivity contribution in [2.75, 3.05) is 58.3 Å². The van der Waals surface area contributed by atoms with E-state index < -0.39 is 33.1 Å². The summed E-state index contributed by atoms with van der Waals surface area (Å²) in [5.74, 6) is 0.898. The molecular weight excluding hydrogens is 813 g/mol. The van der Waals surface area contributed by atoms with Crippen LogP contribution in [0.3, 0.4) is 0 Å². The first-order valence-corrected chi connectivity index (χ1v) is 24.6. The second-order valence-electron chi connectivity index (χ2n) is 17.1. The molecule has 0 spiro atoms. The minimum atomic E-state index is -1.66. The van der Waals surface area contributed by atoms with E-state index in [-0.39, 0.29) is 53.1 Å². The molecule has 2 amide bonds. The van der Waals surface area contributed by atoms with Gasteiger partial charge in [-0.25, -0.2) is 9.06 Å². The van der Waals surface area contributed by atoms with Crippen molar-refractivity contribution in [3.05, 3.63) is 60.1 Å². The van der Waals surface area contributed by atoms with Crippen LogP contribution in [0.25, 0.3) is 0 Å². The van der Waals surface area contributed by atoms with Crippen LogP contribution >= 0.6 is 30.1 Å². The van der Waals surface area contributed by atoms with Crippen LogP contribution in [0.2, 0.25) is 0 Å². The summed E-state index contributed by atoms with van der Waals surface area (Å²) < 4.78 is 57.3. The van der Waals surface area contributed by atoms with Crippen LogP contribution in [-0.4, -0.2) is 131 Å². The van der Waals surface area contributed by atoms with Crippen molar-refractivity contribution in [3.63, 3.8) is 0 Å². The molecule has 4 heterocycles. The number of alkyl halides is 1. The molecule has 4 aliphatic rings. The largest absolute Gasteiger partial charge is 0.349 e. The van der Waals surface area contributed by atoms with E-state index in [9.17, 15) is 9.59 Å². The summed E-state index contributed by atoms with van der Waals surface area (Å²) in [4.78, 5) is 31.0. The number of unbranched alkanes of at least 4 members (excludes halogenated alkanes) is 1. The predicted molar refractivity (Wildman–Crippen MR) is 237 cm³/mol. The highest BCUT2D eigenvalue weighted by molar-refractivity contribution is 8.77. The number of hydrogen-bond donors (Lipinski definition) is 1. The summed E-state index contributed by atoms with van der Waals surface area (Å²) in [6.07, 6.45) is 1.67. The molecule has 5 atom stereocenters. The Morgan fingerprint density at radius 1 is 1.10 bits per heavy atom. The van der Waals surface area contributed by atoms with E-state index >= 15 is 4.39 Å². The van der Waals surface area contributed by atoms with E-state index in [0.717, 1.165) is 56.6 Å². The number of nitrogens with one attached hydrogen (secondary N) is 1. The maximum absolute atomic E-state index is 16.1. The second-order valence-corrected chi connectivity index (χ2v) is 21.6. The van der Waals surface area contributed by atoms with Crippen LogP contribution in [0.4, 0.5) is 4.39 Å². The molecule has 0 aliphatic carbocycles. The number of ether oxygens (including phenoxy) is 3. The van der Waals surface area contributed by atoms with Crippen LogP contribution in [0.5, 0.6) is 0 Å². The molecule has 0 aromatic heterocycles. The van der Waals surface area contributed by atoms with Crippen molar-refractivity contribution in [1.82, 2.24) is 24.7 Å². The molecule has 3 fully saturated rings. The average molecular weight is 883 g/mol. The number of nitrogens with zero attached hydrogens (tertiary/aromatic N) is 4. The Bertz CT molecular complexity index is 1570. The molecule has 332 valence electrons. The van der Waals surface area contributed by atoms with E-state index in [0.29, 0.717) is 38.5 Å². The standard InChI is InChI=1S/C43H69FN5O7PS2/c1-11-43(12-2)28-52-41(53-29-43)35-17-15-34(16-18-35)39(51)47-23-21-46(22-24-47)27-42(9,10)59-58-26-14-13-25-54-57(49(30(3)4)31(5)6)56-38-32(7)55-40(37(38)44)48-20-19-36(50)45-33(48)8/h15-20,30-32,37-38,40-41H,8,11-14,21-29H2,1-7,9-10H3,(H,45,50)/i7D. The maximum Gasteiger partial charge on any atom is 0.259 e. The zero-order valence-electron chi connectivity index (χ0n) is 37.4. The Labute approximate surface area is 363 Å². The zero-order valence-corrected chi connectivity index (χ0v) is 38.9. The van der Waals surface area contributed by atoms with E-state index in [1.54, 1.807) is 0 Å². The molecule has 0 saturated carbocycles. The Morgan fingerprint density at radius 2 is 1.76 bits per heavy atom. The first-order chi connectivity index (χ1) is 28.6. The van der Waals surface area contributed by atoms with Gasteiger partial charge in [0.25, 0.3) is 20.3 Å². The quantitative estimate of drug-likeness (QED) is 0.0772. The lowest BCUT2D eigenvalue weighted by molar-refractivity contribution is -0.235. The summed E-state index contributed by atoms with van der Waals surface area (Å²) >= 11 is 0. The lowest BCUT2D eigenvalue weighted by Gasteiger charge is -2.39. The van der Waals surface area contributed by atoms with Crippen molar-refractivity contribution in [2.24, 2.45) is 5.41 Å². The van der Waals surface area contributed by atoms with Gasteiger partial charge in [-0.3, -0.25) is 14.5 Å². The van der Waals surface area contributed by atoms with Gasteiger partial charge in [-0.1, -0.05) is 54.1 Å². The summed E-state index contributed by atoms with van der Waals surface area (Å²) in [6, 6.07) is 7.87. The van der Waals surface area contributed by atoms with Gasteiger partial charge in [0.05, 0.1) is 25.9 Å². The molecule has 1 aromatic carbocycles. The summed E-state index contributed by atoms with van der Waals surface area (Å²) in [5.41, 5.74) is 1.73. The van der Waals surface area contributed by atoms with Gasteiger partial charge in [0.1, 0.15) is 11.9 Å². The molecule has 16 heteroatoms. The number of halogens is 1. The van der Waals surface area contributed by atoms with Crippen LogP contribution < -0.4 is 5.32 Å². The third-order valence-corrected chi connectivity index (χ3v) is 16.8. The molecule has 0 bridgehead atoms. The van der Waals surface area contributed by atoms with Gasteiger partial charge in [0, 0.05) is 85.5 Å². The van der Waals surface area contributed by atoms with Crippen LogP contribution in [0.15, 0.2) is 48.9 Å². The van der Waals surface area contributed by atoms with Crippen LogP contribution in [-0.2, 0) is 28.1 Å². The molecule has 4 aliphatic heterocycles. The third-order valence-electron chi connectivity index (χ3n) is 11.3. The summed E-state index contributed by atoms with van der Waals surface area (Å²) in [6.45, 7) is 26.7. The SMILES string of the molecule is [2H]CC1OC(N2C=CC(=O)NC2=C)C(F)C1OP(OCCCCSSC(C)(C)CN1CCN(C(=O)c2ccc(C3OCC(CC)(CC)CO3)cc2)CC1)N(C(C)C)C(C)C. The Morgan fingerprint density at radius 3 is 2.36 bits per heavy atom. The van der Waals surface area contributed by atoms with E-state index in [4.69, 9.17) is 24.6 Å². The fraction of sp³-hybridized carbons (Fsp3) is 0.721. The number of carbonyl (C=O) groups is 2. The fourth-order valence-corrected chi connectivity index (χ4v) is 12.2. The number of hydrogen-bond acceptors (Lipinski definition) is 12. The normalized spacial score (nSPS) is 25.3. The zero-order chi connectivity index (χ0) is 43.6. The molecule has 5 rings (SSSR count). The molecular formula is C43H69FN5O7PS2. The second kappa shape index (κ2) is 22.0. The Balaban J connectivity index is 1.01. The highest BCUT2D eigenvalue weighted by Gasteiger charge is 2.49. The molecule has 3 saturated heterocycles. The van der Waals surface area contributed by atoms with Gasteiger partial charge < -0.3 is 38.4 Å². The summed E-state index contributed by atoms with van der Waals surface area (Å²) in [7, 11) is 2.11. The summed E-state index contributed by atoms with van der Waals surface area (Å²) in [5, 5.41) is 2.58. The average Bonchev–Trinajstić information content (AvgIpc) is 3.53. The van der Waals surface area contributed by atoms with Crippen molar-refractivity contribution in [3.8, 4) is 0 Å². The van der Waals surface area contributed by atoms with E-state index in [2.05, 4.69) is 76.9 Å². The number of benzene rings is 1. The topological polar surface area (TPSA) is 105 Å². The predicted octanol–water partition coefficient (Wildman–Crippen LogP) is 8.48. The first kappa shape index (κ1) is 46.7. The third kappa shape index (κ3) is 12.9. The van der Waals surface area contributed by atoms with Gasteiger partial charge >= 0.3 is 0 Å². The number of rotatable bonds is 20. The van der Waals surface area contributed by atoms with Crippen molar-refractivity contribution in [2.45, 2.75) is 136 Å². The van der Waals surface area contributed by atoms with Gasteiger partial charge in [-0.15, -0.1) is 0 Å². The highest BCUT2D eigenvalue weighted by Crippen LogP contribution is 2.50. The first-order valence-electron chi connectivity index (χ1n) is 21.9. The smallest absolute Gasteiger partial charge is 0.259 e. The number of amides is 2. The molecule has 1 aromatic rings. The van der Waals surface area contributed by atoms with Gasteiger partial charge in [0.2, 0.25) is 0 Å². The minimum Gasteiger partial charge on any atom is -0.349 e. The fourth-order valence-electron chi connectivity index (χ4n) is 7.69. The highest BCUT2D eigenvalue weighted by atomic mass is 33.1. The molecule has 12 nitrogen and oxygen atoms in total. The van der Waals surface area contributed by atoms with Gasteiger partial charge in [0.15, 0.2) is 18.7 Å². The Hall–Kier alpha value is -1.78. The Kier molecular flexibility index (Phi) is 17.4. The number of piperazine rings is 1. The lowest BCUT2D eigenvalue weighted by Crippen LogP contribution is -2.51. The van der Waals surface area contributed by atoms with Crippen molar-refractivity contribution < 1.29 is 38.6 Å². The maximum atomic E-state index is 16.1. The lowest BCUT2D eigenvalue weighted by atomic mass is 9.83. The van der Waals surface area contributed by atoms with E-state index in [1.807, 2.05) is 50.8 Å². The van der Waals surface area contributed by atoms with Crippen molar-refractivity contribution >= 4 is 41.9 Å². The minimum absolute atomic E-state index is 0.0258. The monoisotopic (exact) mass is 882 g/mol. The molecule has 59 heavy (non-hydrogen) atoms. The molecule has 1 N–H and O–H groups in total. The van der Waals surface area contributed by atoms with Crippen LogP contribution in [0, 0.1) is 5.41 Å².